The number of likely N-dealkylation sites (N-methyl/N-ethyl adjacent to an activating group) is 1. The number of aliphatic hydroxyl groups is 1. The number of carboxylic acid groups (broad SMARTS) is 1. The fraction of sp³-hybridized carbons (Fsp3) is 0.400. The standard InChI is InChI=1S/C30H39N3O6/c1-5-10-26(33(3)30(36)37)29(35)32-25(16-20-11-8-7-9-12-20)27(34)19-31-24-18-28(39-15-6-2)22-14-13-21(38-4)17-23(22)24/h5-9,11-14,17,24-28,31,34H,1-2,10,15-16,18-19H2,3-4H3,(H,32,35)(H,36,37)/t24-,25-,26-,27+,28+/m0/s1. The van der Waals surface area contributed by atoms with E-state index in [0.29, 0.717) is 19.4 Å². The van der Waals surface area contributed by atoms with Crippen molar-refractivity contribution in [3.05, 3.63) is 90.5 Å². The third kappa shape index (κ3) is 7.92. The molecule has 0 saturated carbocycles. The van der Waals surface area contributed by atoms with Crippen LogP contribution in [0, 0.1) is 0 Å². The van der Waals surface area contributed by atoms with Crippen molar-refractivity contribution in [2.75, 3.05) is 27.3 Å². The first-order valence-electron chi connectivity index (χ1n) is 13.0. The highest BCUT2D eigenvalue weighted by molar-refractivity contribution is 5.85. The molecule has 1 aliphatic carbocycles. The Balaban J connectivity index is 1.77. The van der Waals surface area contributed by atoms with Crippen LogP contribution in [0.2, 0.25) is 0 Å². The Kier molecular flexibility index (Phi) is 11.1. The number of carbonyl (C=O) groups excluding carboxylic acids is 1. The Morgan fingerprint density at radius 2 is 1.90 bits per heavy atom. The number of hydrogen-bond donors (Lipinski definition) is 4. The Bertz CT molecular complexity index is 1120. The molecule has 5 atom stereocenters. The van der Waals surface area contributed by atoms with Crippen molar-refractivity contribution < 1.29 is 29.3 Å². The number of amides is 2. The third-order valence-corrected chi connectivity index (χ3v) is 7.01. The van der Waals surface area contributed by atoms with Crippen LogP contribution < -0.4 is 15.4 Å². The van der Waals surface area contributed by atoms with Crippen LogP contribution in [0.4, 0.5) is 4.79 Å². The molecule has 0 fully saturated rings. The molecule has 3 rings (SSSR count). The zero-order chi connectivity index (χ0) is 28.4. The molecule has 39 heavy (non-hydrogen) atoms. The molecule has 0 radical (unpaired) electrons. The predicted molar refractivity (Wildman–Crippen MR) is 150 cm³/mol. The van der Waals surface area contributed by atoms with Crippen molar-refractivity contribution in [1.82, 2.24) is 15.5 Å². The Hall–Kier alpha value is -3.66. The minimum Gasteiger partial charge on any atom is -0.497 e. The molecule has 2 aromatic carbocycles. The van der Waals surface area contributed by atoms with E-state index < -0.39 is 30.2 Å². The summed E-state index contributed by atoms with van der Waals surface area (Å²) in [4.78, 5) is 25.7. The van der Waals surface area contributed by atoms with Gasteiger partial charge in [-0.1, -0.05) is 48.6 Å². The minimum absolute atomic E-state index is 0.0979. The number of rotatable bonds is 15. The van der Waals surface area contributed by atoms with Crippen LogP contribution in [-0.2, 0) is 16.0 Å². The maximum absolute atomic E-state index is 13.2. The number of benzene rings is 2. The summed E-state index contributed by atoms with van der Waals surface area (Å²) in [5, 5.41) is 27.1. The number of carbonyl (C=O) groups is 2. The normalized spacial score (nSPS) is 18.3. The molecule has 4 N–H and O–H groups in total. The lowest BCUT2D eigenvalue weighted by atomic mass is 9.99. The number of fused-ring (bicyclic) bond motifs is 1. The fourth-order valence-electron chi connectivity index (χ4n) is 4.85. The summed E-state index contributed by atoms with van der Waals surface area (Å²) in [6.45, 7) is 8.00. The average Bonchev–Trinajstić information content (AvgIpc) is 3.29. The first kappa shape index (κ1) is 29.9. The van der Waals surface area contributed by atoms with E-state index in [-0.39, 0.29) is 25.1 Å². The molecule has 0 bridgehead atoms. The summed E-state index contributed by atoms with van der Waals surface area (Å²) in [6, 6.07) is 13.7. The lowest BCUT2D eigenvalue weighted by Gasteiger charge is -2.30. The number of methoxy groups -OCH3 is 1. The van der Waals surface area contributed by atoms with Crippen LogP contribution in [0.15, 0.2) is 73.8 Å². The quantitative estimate of drug-likeness (QED) is 0.256. The number of nitrogens with zero attached hydrogens (tertiary/aromatic N) is 1. The first-order chi connectivity index (χ1) is 18.8. The molecular weight excluding hydrogens is 498 g/mol. The summed E-state index contributed by atoms with van der Waals surface area (Å²) in [5.74, 6) is 0.240. The third-order valence-electron chi connectivity index (χ3n) is 7.01. The van der Waals surface area contributed by atoms with E-state index in [1.54, 1.807) is 13.2 Å². The van der Waals surface area contributed by atoms with Gasteiger partial charge in [-0.3, -0.25) is 9.69 Å². The van der Waals surface area contributed by atoms with E-state index in [1.165, 1.54) is 13.1 Å². The number of ether oxygens (including phenoxy) is 2. The molecule has 0 unspecified atom stereocenters. The van der Waals surface area contributed by atoms with Crippen molar-refractivity contribution in [2.24, 2.45) is 0 Å². The average molecular weight is 538 g/mol. The van der Waals surface area contributed by atoms with Gasteiger partial charge >= 0.3 is 6.09 Å². The van der Waals surface area contributed by atoms with Gasteiger partial charge in [0.2, 0.25) is 5.91 Å². The molecule has 1 aliphatic rings. The van der Waals surface area contributed by atoms with Gasteiger partial charge in [0.15, 0.2) is 0 Å². The van der Waals surface area contributed by atoms with Crippen LogP contribution in [0.3, 0.4) is 0 Å². The first-order valence-corrected chi connectivity index (χ1v) is 13.0. The smallest absolute Gasteiger partial charge is 0.407 e. The Labute approximate surface area is 230 Å². The van der Waals surface area contributed by atoms with Crippen molar-refractivity contribution >= 4 is 12.0 Å². The molecule has 9 nitrogen and oxygen atoms in total. The Morgan fingerprint density at radius 1 is 1.15 bits per heavy atom. The van der Waals surface area contributed by atoms with Gasteiger partial charge in [-0.25, -0.2) is 4.79 Å². The second-order valence-corrected chi connectivity index (χ2v) is 9.61. The topological polar surface area (TPSA) is 120 Å². The van der Waals surface area contributed by atoms with E-state index in [4.69, 9.17) is 9.47 Å². The molecule has 0 aliphatic heterocycles. The van der Waals surface area contributed by atoms with Crippen LogP contribution >= 0.6 is 0 Å². The lowest BCUT2D eigenvalue weighted by Crippen LogP contribution is -2.55. The predicted octanol–water partition coefficient (Wildman–Crippen LogP) is 3.62. The SMILES string of the molecule is C=CCO[C@@H]1C[C@H](NC[C@@H](O)[C@H](Cc2ccccc2)NC(=O)[C@H](CC=C)N(C)C(=O)O)c2cc(OC)ccc21. The van der Waals surface area contributed by atoms with Gasteiger partial charge in [-0.05, 0) is 48.1 Å². The maximum Gasteiger partial charge on any atom is 0.407 e. The van der Waals surface area contributed by atoms with Crippen LogP contribution in [0.1, 0.15) is 41.7 Å². The van der Waals surface area contributed by atoms with Gasteiger partial charge in [-0.15, -0.1) is 13.2 Å². The maximum atomic E-state index is 13.2. The fourth-order valence-corrected chi connectivity index (χ4v) is 4.85. The monoisotopic (exact) mass is 537 g/mol. The van der Waals surface area contributed by atoms with Crippen LogP contribution in [0.25, 0.3) is 0 Å². The van der Waals surface area contributed by atoms with E-state index in [1.807, 2.05) is 48.5 Å². The molecule has 210 valence electrons. The summed E-state index contributed by atoms with van der Waals surface area (Å²) >= 11 is 0. The van der Waals surface area contributed by atoms with Crippen molar-refractivity contribution in [3.63, 3.8) is 0 Å². The highest BCUT2D eigenvalue weighted by Crippen LogP contribution is 2.42. The molecule has 9 heteroatoms. The second-order valence-electron chi connectivity index (χ2n) is 9.61. The lowest BCUT2D eigenvalue weighted by molar-refractivity contribution is -0.127. The van der Waals surface area contributed by atoms with E-state index in [0.717, 1.165) is 27.3 Å². The zero-order valence-electron chi connectivity index (χ0n) is 22.6. The Morgan fingerprint density at radius 3 is 2.54 bits per heavy atom. The number of nitrogens with one attached hydrogen (secondary N) is 2. The van der Waals surface area contributed by atoms with Crippen molar-refractivity contribution in [1.29, 1.82) is 0 Å². The van der Waals surface area contributed by atoms with Crippen LogP contribution in [0.5, 0.6) is 5.75 Å². The van der Waals surface area contributed by atoms with E-state index in [2.05, 4.69) is 23.8 Å². The summed E-state index contributed by atoms with van der Waals surface area (Å²) in [5.41, 5.74) is 3.03. The van der Waals surface area contributed by atoms with Gasteiger partial charge < -0.3 is 30.3 Å². The van der Waals surface area contributed by atoms with Crippen LogP contribution in [-0.4, -0.2) is 72.6 Å². The van der Waals surface area contributed by atoms with Gasteiger partial charge in [0.05, 0.1) is 32.0 Å². The zero-order valence-corrected chi connectivity index (χ0v) is 22.6. The van der Waals surface area contributed by atoms with Gasteiger partial charge in [-0.2, -0.15) is 0 Å². The van der Waals surface area contributed by atoms with E-state index >= 15 is 0 Å². The molecule has 2 aromatic rings. The van der Waals surface area contributed by atoms with Gasteiger partial charge in [0.1, 0.15) is 11.8 Å². The molecule has 0 heterocycles. The minimum atomic E-state index is -1.22. The molecule has 2 amide bonds. The largest absolute Gasteiger partial charge is 0.497 e. The number of hydrogen-bond acceptors (Lipinski definition) is 6. The molecule has 0 saturated heterocycles. The highest BCUT2D eigenvalue weighted by Gasteiger charge is 2.34. The second kappa shape index (κ2) is 14.5. The molecular formula is C30H39N3O6. The van der Waals surface area contributed by atoms with Gasteiger partial charge in [0, 0.05) is 19.6 Å². The number of aliphatic hydroxyl groups excluding tert-OH is 1. The van der Waals surface area contributed by atoms with E-state index in [9.17, 15) is 19.8 Å². The summed E-state index contributed by atoms with van der Waals surface area (Å²) in [7, 11) is 2.96. The van der Waals surface area contributed by atoms with Crippen molar-refractivity contribution in [3.8, 4) is 5.75 Å². The molecule has 0 spiro atoms. The van der Waals surface area contributed by atoms with Gasteiger partial charge in [0.25, 0.3) is 0 Å². The van der Waals surface area contributed by atoms with Crippen molar-refractivity contribution in [2.45, 2.75) is 49.6 Å². The highest BCUT2D eigenvalue weighted by atomic mass is 16.5. The molecule has 0 aromatic heterocycles. The summed E-state index contributed by atoms with van der Waals surface area (Å²) in [6.07, 6.45) is 2.10. The summed E-state index contributed by atoms with van der Waals surface area (Å²) < 4.78 is 11.4.